The second kappa shape index (κ2) is 6.99. The quantitative estimate of drug-likeness (QED) is 0.620. The minimum absolute atomic E-state index is 0.0527. The predicted octanol–water partition coefficient (Wildman–Crippen LogP) is 2.28. The van der Waals surface area contributed by atoms with Gasteiger partial charge in [0, 0.05) is 19.2 Å². The highest BCUT2D eigenvalue weighted by molar-refractivity contribution is 7.89. The fourth-order valence-corrected chi connectivity index (χ4v) is 3.42. The van der Waals surface area contributed by atoms with Crippen LogP contribution in [-0.2, 0) is 14.8 Å². The van der Waals surface area contributed by atoms with E-state index >= 15 is 0 Å². The molecule has 0 aromatic heterocycles. The van der Waals surface area contributed by atoms with Gasteiger partial charge in [-0.15, -0.1) is 0 Å². The van der Waals surface area contributed by atoms with Crippen molar-refractivity contribution in [2.24, 2.45) is 0 Å². The lowest BCUT2D eigenvalue weighted by Gasteiger charge is -2.15. The van der Waals surface area contributed by atoms with Crippen molar-refractivity contribution in [2.45, 2.75) is 11.8 Å². The third-order valence-corrected chi connectivity index (χ3v) is 5.48. The largest absolute Gasteiger partial charge is 0.480 e. The van der Waals surface area contributed by atoms with E-state index in [1.807, 2.05) is 0 Å². The smallest absolute Gasteiger partial charge is 0.318 e. The van der Waals surface area contributed by atoms with Crippen molar-refractivity contribution in [3.63, 3.8) is 0 Å². The highest BCUT2D eigenvalue weighted by Gasteiger charge is 2.22. The van der Waals surface area contributed by atoms with Crippen molar-refractivity contribution in [1.29, 1.82) is 0 Å². The lowest BCUT2D eigenvalue weighted by Crippen LogP contribution is -2.31. The fraction of sp³-hybridized carbons (Fsp3) is 0.188. The second-order valence-electron chi connectivity index (χ2n) is 5.44. The number of hydrogen-bond acceptors (Lipinski definition) is 5. The number of rotatable bonds is 6. The van der Waals surface area contributed by atoms with Crippen molar-refractivity contribution in [2.75, 3.05) is 13.6 Å². The molecular formula is C16H16N2O6S. The topological polar surface area (TPSA) is 118 Å². The molecule has 2 aromatic carbocycles. The zero-order chi connectivity index (χ0) is 18.8. The van der Waals surface area contributed by atoms with Gasteiger partial charge in [0.25, 0.3) is 5.69 Å². The summed E-state index contributed by atoms with van der Waals surface area (Å²) >= 11 is 0. The summed E-state index contributed by atoms with van der Waals surface area (Å²) in [6, 6.07) is 10.2. The minimum atomic E-state index is -3.92. The van der Waals surface area contributed by atoms with Crippen LogP contribution in [0.5, 0.6) is 0 Å². The first-order valence-electron chi connectivity index (χ1n) is 7.16. The molecule has 0 heterocycles. The Balaban J connectivity index is 2.39. The Kier molecular flexibility index (Phi) is 5.19. The van der Waals surface area contributed by atoms with Gasteiger partial charge in [-0.2, -0.15) is 4.31 Å². The lowest BCUT2D eigenvalue weighted by molar-refractivity contribution is -0.384. The second-order valence-corrected chi connectivity index (χ2v) is 7.48. The van der Waals surface area contributed by atoms with Gasteiger partial charge in [-0.3, -0.25) is 14.9 Å². The Bertz CT molecular complexity index is 922. The molecule has 0 saturated carbocycles. The third kappa shape index (κ3) is 4.01. The number of nitrogens with zero attached hydrogens (tertiary/aromatic N) is 2. The average molecular weight is 364 g/mol. The normalized spacial score (nSPS) is 11.5. The number of sulfonamides is 1. The van der Waals surface area contributed by atoms with Crippen LogP contribution >= 0.6 is 0 Å². The van der Waals surface area contributed by atoms with Gasteiger partial charge in [0.2, 0.25) is 10.0 Å². The van der Waals surface area contributed by atoms with Crippen molar-refractivity contribution in [3.05, 3.63) is 58.1 Å². The average Bonchev–Trinajstić information content (AvgIpc) is 2.54. The summed E-state index contributed by atoms with van der Waals surface area (Å²) in [7, 11) is -2.74. The number of aryl methyl sites for hydroxylation is 1. The molecule has 0 aliphatic carbocycles. The Morgan fingerprint density at radius 2 is 1.80 bits per heavy atom. The van der Waals surface area contributed by atoms with Crippen LogP contribution < -0.4 is 0 Å². The molecule has 0 atom stereocenters. The molecule has 0 saturated heterocycles. The Hall–Kier alpha value is -2.78. The number of non-ortho nitro benzene ring substituents is 1. The molecule has 0 bridgehead atoms. The first kappa shape index (κ1) is 18.6. The lowest BCUT2D eigenvalue weighted by atomic mass is 10.00. The molecule has 0 amide bonds. The maximum Gasteiger partial charge on any atom is 0.318 e. The number of aliphatic carboxylic acids is 1. The first-order valence-corrected chi connectivity index (χ1v) is 8.60. The van der Waals surface area contributed by atoms with Gasteiger partial charge in [-0.05, 0) is 35.7 Å². The molecular weight excluding hydrogens is 348 g/mol. The predicted molar refractivity (Wildman–Crippen MR) is 90.7 cm³/mol. The Labute approximate surface area is 144 Å². The summed E-state index contributed by atoms with van der Waals surface area (Å²) < 4.78 is 25.3. The zero-order valence-electron chi connectivity index (χ0n) is 13.5. The molecule has 0 unspecified atom stereocenters. The van der Waals surface area contributed by atoms with E-state index in [0.717, 1.165) is 9.87 Å². The number of carboxylic acid groups (broad SMARTS) is 1. The van der Waals surface area contributed by atoms with E-state index in [-0.39, 0.29) is 10.6 Å². The molecule has 132 valence electrons. The van der Waals surface area contributed by atoms with Crippen LogP contribution in [0.4, 0.5) is 5.69 Å². The van der Waals surface area contributed by atoms with E-state index in [2.05, 4.69) is 0 Å². The molecule has 0 aliphatic heterocycles. The van der Waals surface area contributed by atoms with Gasteiger partial charge < -0.3 is 5.11 Å². The number of hydrogen-bond donors (Lipinski definition) is 1. The number of nitro benzene ring substituents is 1. The fourth-order valence-electron chi connectivity index (χ4n) is 2.30. The summed E-state index contributed by atoms with van der Waals surface area (Å²) in [6.45, 7) is 1.15. The van der Waals surface area contributed by atoms with Gasteiger partial charge in [-0.25, -0.2) is 8.42 Å². The van der Waals surface area contributed by atoms with E-state index in [9.17, 15) is 23.3 Å². The molecule has 9 heteroatoms. The molecule has 8 nitrogen and oxygen atoms in total. The van der Waals surface area contributed by atoms with Crippen molar-refractivity contribution >= 4 is 21.7 Å². The van der Waals surface area contributed by atoms with E-state index in [4.69, 9.17) is 5.11 Å². The van der Waals surface area contributed by atoms with Gasteiger partial charge in [-0.1, -0.05) is 18.2 Å². The maximum absolute atomic E-state index is 12.3. The van der Waals surface area contributed by atoms with Gasteiger partial charge >= 0.3 is 5.97 Å². The number of carboxylic acids is 1. The van der Waals surface area contributed by atoms with Crippen molar-refractivity contribution in [1.82, 2.24) is 4.31 Å². The Morgan fingerprint density at radius 3 is 2.32 bits per heavy atom. The summed E-state index contributed by atoms with van der Waals surface area (Å²) in [5.41, 5.74) is 2.00. The molecule has 0 spiro atoms. The molecule has 0 fully saturated rings. The molecule has 1 N–H and O–H groups in total. The standard InChI is InChI=1S/C16H16N2O6S/c1-11-3-6-13(18(21)22)9-15(11)12-4-7-14(8-5-12)25(23,24)17(2)10-16(19)20/h3-9H,10H2,1-2H3,(H,19,20). The molecule has 2 aromatic rings. The van der Waals surface area contributed by atoms with Crippen LogP contribution in [0.15, 0.2) is 47.4 Å². The number of benzene rings is 2. The summed E-state index contributed by atoms with van der Waals surface area (Å²) in [4.78, 5) is 21.1. The molecule has 0 aliphatic rings. The highest BCUT2D eigenvalue weighted by Crippen LogP contribution is 2.28. The van der Waals surface area contributed by atoms with E-state index < -0.39 is 27.5 Å². The highest BCUT2D eigenvalue weighted by atomic mass is 32.2. The van der Waals surface area contributed by atoms with Gasteiger partial charge in [0.1, 0.15) is 6.54 Å². The molecule has 25 heavy (non-hydrogen) atoms. The monoisotopic (exact) mass is 364 g/mol. The third-order valence-electron chi connectivity index (χ3n) is 3.66. The van der Waals surface area contributed by atoms with E-state index in [1.54, 1.807) is 13.0 Å². The van der Waals surface area contributed by atoms with E-state index in [0.29, 0.717) is 11.1 Å². The van der Waals surface area contributed by atoms with Crippen LogP contribution in [0.25, 0.3) is 11.1 Å². The first-order chi connectivity index (χ1) is 11.6. The number of nitro groups is 1. The van der Waals surface area contributed by atoms with Gasteiger partial charge in [0.15, 0.2) is 0 Å². The molecule has 2 rings (SSSR count). The number of carbonyl (C=O) groups is 1. The summed E-state index contributed by atoms with van der Waals surface area (Å²) in [5.74, 6) is -1.25. The minimum Gasteiger partial charge on any atom is -0.480 e. The van der Waals surface area contributed by atoms with Crippen LogP contribution in [-0.4, -0.2) is 42.3 Å². The van der Waals surface area contributed by atoms with Gasteiger partial charge in [0.05, 0.1) is 9.82 Å². The number of likely N-dealkylation sites (N-methyl/N-ethyl adjacent to an activating group) is 1. The van der Waals surface area contributed by atoms with Crippen LogP contribution in [0, 0.1) is 17.0 Å². The van der Waals surface area contributed by atoms with Crippen LogP contribution in [0.3, 0.4) is 0 Å². The summed E-state index contributed by atoms with van der Waals surface area (Å²) in [5, 5.41) is 19.6. The zero-order valence-corrected chi connectivity index (χ0v) is 14.4. The Morgan fingerprint density at radius 1 is 1.20 bits per heavy atom. The van der Waals surface area contributed by atoms with Crippen LogP contribution in [0.1, 0.15) is 5.56 Å². The van der Waals surface area contributed by atoms with Crippen LogP contribution in [0.2, 0.25) is 0 Å². The van der Waals surface area contributed by atoms with Crippen molar-refractivity contribution < 1.29 is 23.2 Å². The summed E-state index contributed by atoms with van der Waals surface area (Å²) in [6.07, 6.45) is 0. The SMILES string of the molecule is Cc1ccc([N+](=O)[O-])cc1-c1ccc(S(=O)(=O)N(C)CC(=O)O)cc1. The maximum atomic E-state index is 12.3. The van der Waals surface area contributed by atoms with Crippen molar-refractivity contribution in [3.8, 4) is 11.1 Å². The van der Waals surface area contributed by atoms with E-state index in [1.165, 1.54) is 43.4 Å². The molecule has 0 radical (unpaired) electrons.